The van der Waals surface area contributed by atoms with Crippen LogP contribution in [0.3, 0.4) is 0 Å². The van der Waals surface area contributed by atoms with E-state index in [-0.39, 0.29) is 12.5 Å². The Morgan fingerprint density at radius 1 is 1.35 bits per heavy atom. The minimum Gasteiger partial charge on any atom is -0.459 e. The van der Waals surface area contributed by atoms with Crippen LogP contribution >= 0.6 is 11.8 Å². The fraction of sp³-hybridized carbons (Fsp3) is 0.214. The Bertz CT molecular complexity index is 629. The monoisotopic (exact) mass is 288 g/mol. The first-order valence-electron chi connectivity index (χ1n) is 5.97. The maximum Gasteiger partial charge on any atom is 0.396 e. The van der Waals surface area contributed by atoms with Crippen LogP contribution in [0.1, 0.15) is 23.2 Å². The van der Waals surface area contributed by atoms with Crippen molar-refractivity contribution in [3.05, 3.63) is 41.8 Å². The molecule has 1 heterocycles. The molecule has 1 aromatic heterocycles. The molecule has 0 aliphatic rings. The molecule has 0 atom stereocenters. The van der Waals surface area contributed by atoms with E-state index in [1.54, 1.807) is 6.92 Å². The number of thioether (sulfide) groups is 1. The Morgan fingerprint density at radius 2 is 2.15 bits per heavy atom. The summed E-state index contributed by atoms with van der Waals surface area (Å²) in [6.07, 6.45) is 0. The van der Waals surface area contributed by atoms with Gasteiger partial charge >= 0.3 is 11.9 Å². The molecule has 0 N–H and O–H groups in total. The van der Waals surface area contributed by atoms with Crippen molar-refractivity contribution < 1.29 is 13.9 Å². The van der Waals surface area contributed by atoms with Gasteiger partial charge in [0.2, 0.25) is 0 Å². The quantitative estimate of drug-likeness (QED) is 0.489. The van der Waals surface area contributed by atoms with E-state index in [4.69, 9.17) is 9.15 Å². The largest absolute Gasteiger partial charge is 0.459 e. The van der Waals surface area contributed by atoms with Crippen LogP contribution in [0.25, 0.3) is 0 Å². The minimum atomic E-state index is -0.609. The van der Waals surface area contributed by atoms with E-state index in [1.807, 2.05) is 30.3 Å². The molecule has 6 heteroatoms. The molecule has 2 aromatic rings. The molecular weight excluding hydrogens is 276 g/mol. The van der Waals surface area contributed by atoms with Crippen molar-refractivity contribution in [2.24, 2.45) is 0 Å². The third kappa shape index (κ3) is 4.14. The Morgan fingerprint density at radius 3 is 2.90 bits per heavy atom. The maximum absolute atomic E-state index is 11.3. The number of benzene rings is 1. The van der Waals surface area contributed by atoms with Crippen LogP contribution in [-0.2, 0) is 4.74 Å². The van der Waals surface area contributed by atoms with Crippen molar-refractivity contribution in [1.29, 1.82) is 0 Å². The lowest BCUT2D eigenvalue weighted by atomic mass is 10.2. The summed E-state index contributed by atoms with van der Waals surface area (Å²) in [5.74, 6) is 5.75. The molecule has 0 unspecified atom stereocenters. The lowest BCUT2D eigenvalue weighted by molar-refractivity contribution is 0.0475. The van der Waals surface area contributed by atoms with E-state index < -0.39 is 5.97 Å². The molecule has 5 nitrogen and oxygen atoms in total. The number of hydrogen-bond acceptors (Lipinski definition) is 6. The van der Waals surface area contributed by atoms with Crippen molar-refractivity contribution in [3.8, 4) is 11.8 Å². The van der Waals surface area contributed by atoms with Gasteiger partial charge in [0, 0.05) is 5.56 Å². The van der Waals surface area contributed by atoms with E-state index in [1.165, 1.54) is 11.8 Å². The normalized spacial score (nSPS) is 9.65. The molecule has 0 fully saturated rings. The molecule has 0 aliphatic heterocycles. The van der Waals surface area contributed by atoms with Crippen LogP contribution in [0, 0.1) is 11.8 Å². The average molecular weight is 288 g/mol. The molecule has 0 saturated heterocycles. The van der Waals surface area contributed by atoms with Gasteiger partial charge in [0.25, 0.3) is 5.22 Å². The van der Waals surface area contributed by atoms with E-state index in [0.717, 1.165) is 5.56 Å². The average Bonchev–Trinajstić information content (AvgIpc) is 2.94. The summed E-state index contributed by atoms with van der Waals surface area (Å²) in [6, 6.07) is 9.67. The lowest BCUT2D eigenvalue weighted by Crippen LogP contribution is -2.04. The van der Waals surface area contributed by atoms with Gasteiger partial charge in [0.05, 0.1) is 12.4 Å². The topological polar surface area (TPSA) is 65.2 Å². The zero-order valence-corrected chi connectivity index (χ0v) is 11.6. The van der Waals surface area contributed by atoms with Gasteiger partial charge in [0.1, 0.15) is 0 Å². The fourth-order valence-electron chi connectivity index (χ4n) is 1.30. The summed E-state index contributed by atoms with van der Waals surface area (Å²) in [7, 11) is 0. The van der Waals surface area contributed by atoms with E-state index >= 15 is 0 Å². The molecule has 20 heavy (non-hydrogen) atoms. The first-order valence-corrected chi connectivity index (χ1v) is 6.95. The summed E-state index contributed by atoms with van der Waals surface area (Å²) in [5.41, 5.74) is 0.950. The first kappa shape index (κ1) is 14.2. The number of aromatic nitrogens is 2. The van der Waals surface area contributed by atoms with Gasteiger partial charge in [-0.25, -0.2) is 4.79 Å². The van der Waals surface area contributed by atoms with Crippen LogP contribution in [0.5, 0.6) is 0 Å². The van der Waals surface area contributed by atoms with Crippen molar-refractivity contribution in [2.45, 2.75) is 12.1 Å². The second kappa shape index (κ2) is 7.36. The zero-order chi connectivity index (χ0) is 14.2. The molecule has 102 valence electrons. The predicted octanol–water partition coefficient (Wildman–Crippen LogP) is 2.39. The van der Waals surface area contributed by atoms with Gasteiger partial charge in [-0.2, -0.15) is 0 Å². The van der Waals surface area contributed by atoms with Gasteiger partial charge < -0.3 is 9.15 Å². The highest BCUT2D eigenvalue weighted by atomic mass is 32.2. The van der Waals surface area contributed by atoms with Gasteiger partial charge in [-0.05, 0) is 19.1 Å². The number of rotatable bonds is 4. The summed E-state index contributed by atoms with van der Waals surface area (Å²) in [5, 5.41) is 7.65. The number of carbonyl (C=O) groups excluding carboxylic acids is 1. The summed E-state index contributed by atoms with van der Waals surface area (Å²) < 4.78 is 9.90. The molecular formula is C14H12N2O3S. The predicted molar refractivity (Wildman–Crippen MR) is 74.3 cm³/mol. The Labute approximate surface area is 120 Å². The molecule has 0 radical (unpaired) electrons. The van der Waals surface area contributed by atoms with Crippen LogP contribution in [0.15, 0.2) is 40.0 Å². The number of ether oxygens (including phenoxy) is 1. The van der Waals surface area contributed by atoms with Crippen LogP contribution in [-0.4, -0.2) is 28.5 Å². The summed E-state index contributed by atoms with van der Waals surface area (Å²) in [4.78, 5) is 11.3. The molecule has 1 aromatic carbocycles. The Hall–Kier alpha value is -2.26. The standard InChI is InChI=1S/C14H12N2O3S/c1-2-18-13(17)12-15-16-14(19-12)20-10-6-9-11-7-4-3-5-8-11/h3-5,7-8H,2,10H2,1H3. The summed E-state index contributed by atoms with van der Waals surface area (Å²) in [6.45, 7) is 1.98. The molecule has 0 saturated carbocycles. The molecule has 0 aliphatic carbocycles. The highest BCUT2D eigenvalue weighted by Crippen LogP contribution is 2.15. The maximum atomic E-state index is 11.3. The lowest BCUT2D eigenvalue weighted by Gasteiger charge is -1.93. The highest BCUT2D eigenvalue weighted by molar-refractivity contribution is 7.99. The SMILES string of the molecule is CCOC(=O)c1nnc(SCC#Cc2ccccc2)o1. The Balaban J connectivity index is 1.86. The smallest absolute Gasteiger partial charge is 0.396 e. The molecule has 0 spiro atoms. The van der Waals surface area contributed by atoms with Crippen LogP contribution < -0.4 is 0 Å². The van der Waals surface area contributed by atoms with E-state index in [9.17, 15) is 4.79 Å². The Kier molecular flexibility index (Phi) is 5.21. The van der Waals surface area contributed by atoms with Crippen molar-refractivity contribution in [2.75, 3.05) is 12.4 Å². The molecule has 2 rings (SSSR count). The molecule has 0 amide bonds. The van der Waals surface area contributed by atoms with Gasteiger partial charge in [-0.3, -0.25) is 0 Å². The molecule has 0 bridgehead atoms. The zero-order valence-electron chi connectivity index (χ0n) is 10.8. The number of esters is 1. The minimum absolute atomic E-state index is 0.134. The van der Waals surface area contributed by atoms with E-state index in [0.29, 0.717) is 11.0 Å². The summed E-state index contributed by atoms with van der Waals surface area (Å²) >= 11 is 1.27. The second-order valence-electron chi connectivity index (χ2n) is 3.55. The van der Waals surface area contributed by atoms with Gasteiger partial charge in [-0.15, -0.1) is 5.10 Å². The third-order valence-corrected chi connectivity index (χ3v) is 2.83. The van der Waals surface area contributed by atoms with E-state index in [2.05, 4.69) is 22.0 Å². The van der Waals surface area contributed by atoms with Crippen LogP contribution in [0.4, 0.5) is 0 Å². The fourth-order valence-corrected chi connectivity index (χ4v) is 1.81. The third-order valence-electron chi connectivity index (χ3n) is 2.13. The van der Waals surface area contributed by atoms with Crippen molar-refractivity contribution in [3.63, 3.8) is 0 Å². The first-order chi connectivity index (χ1) is 9.79. The van der Waals surface area contributed by atoms with Gasteiger partial charge in [-0.1, -0.05) is 46.9 Å². The number of nitrogens with zero attached hydrogens (tertiary/aromatic N) is 2. The van der Waals surface area contributed by atoms with Crippen molar-refractivity contribution >= 4 is 17.7 Å². The second-order valence-corrected chi connectivity index (χ2v) is 4.48. The number of carbonyl (C=O) groups is 1. The van der Waals surface area contributed by atoms with Gasteiger partial charge in [0.15, 0.2) is 0 Å². The highest BCUT2D eigenvalue weighted by Gasteiger charge is 2.15. The van der Waals surface area contributed by atoms with Crippen molar-refractivity contribution in [1.82, 2.24) is 10.2 Å². The number of hydrogen-bond donors (Lipinski definition) is 0. The van der Waals surface area contributed by atoms with Crippen LogP contribution in [0.2, 0.25) is 0 Å².